The van der Waals surface area contributed by atoms with Gasteiger partial charge in [0.1, 0.15) is 0 Å². The molecule has 19 heavy (non-hydrogen) atoms. The largest absolute Gasteiger partial charge is 0.272 e. The third-order valence-electron chi connectivity index (χ3n) is 2.81. The maximum absolute atomic E-state index is 12.0. The van der Waals surface area contributed by atoms with Crippen molar-refractivity contribution in [1.29, 1.82) is 0 Å². The van der Waals surface area contributed by atoms with Crippen molar-refractivity contribution in [1.82, 2.24) is 4.98 Å². The standard InChI is InChI=1S/C14H10BrN3O/c15-11-6-7-13(16-9-11)18-14(19)8-12(17-18)10-4-2-1-3-5-10/h1-7,9H,8H2. The van der Waals surface area contributed by atoms with E-state index in [9.17, 15) is 4.79 Å². The molecule has 0 radical (unpaired) electrons. The lowest BCUT2D eigenvalue weighted by atomic mass is 10.1. The van der Waals surface area contributed by atoms with Crippen LogP contribution in [0, 0.1) is 0 Å². The fourth-order valence-corrected chi connectivity index (χ4v) is 2.13. The van der Waals surface area contributed by atoms with E-state index in [1.807, 2.05) is 36.4 Å². The number of carbonyl (C=O) groups is 1. The van der Waals surface area contributed by atoms with Gasteiger partial charge in [-0.1, -0.05) is 30.3 Å². The molecule has 1 aromatic heterocycles. The van der Waals surface area contributed by atoms with Crippen LogP contribution < -0.4 is 5.01 Å². The normalized spacial score (nSPS) is 14.7. The third-order valence-corrected chi connectivity index (χ3v) is 3.28. The van der Waals surface area contributed by atoms with Crippen LogP contribution in [0.1, 0.15) is 12.0 Å². The van der Waals surface area contributed by atoms with Crippen molar-refractivity contribution in [3.63, 3.8) is 0 Å². The van der Waals surface area contributed by atoms with E-state index in [4.69, 9.17) is 0 Å². The maximum Gasteiger partial charge on any atom is 0.254 e. The summed E-state index contributed by atoms with van der Waals surface area (Å²) in [5, 5.41) is 5.72. The Balaban J connectivity index is 1.93. The summed E-state index contributed by atoms with van der Waals surface area (Å²) in [6, 6.07) is 13.3. The number of nitrogens with zero attached hydrogens (tertiary/aromatic N) is 3. The number of hydrogen-bond acceptors (Lipinski definition) is 3. The molecular formula is C14H10BrN3O. The van der Waals surface area contributed by atoms with Gasteiger partial charge in [0.25, 0.3) is 5.91 Å². The predicted octanol–water partition coefficient (Wildman–Crippen LogP) is 2.99. The molecule has 0 unspecified atom stereocenters. The Morgan fingerprint density at radius 2 is 1.89 bits per heavy atom. The first-order valence-electron chi connectivity index (χ1n) is 5.81. The summed E-state index contributed by atoms with van der Waals surface area (Å²) >= 11 is 3.32. The van der Waals surface area contributed by atoms with Crippen LogP contribution in [-0.4, -0.2) is 16.6 Å². The predicted molar refractivity (Wildman–Crippen MR) is 77.0 cm³/mol. The van der Waals surface area contributed by atoms with Gasteiger partial charge >= 0.3 is 0 Å². The number of benzene rings is 1. The summed E-state index contributed by atoms with van der Waals surface area (Å²) in [5.74, 6) is 0.479. The van der Waals surface area contributed by atoms with Crippen molar-refractivity contribution in [3.8, 4) is 0 Å². The van der Waals surface area contributed by atoms with Gasteiger partial charge in [0.15, 0.2) is 5.82 Å². The van der Waals surface area contributed by atoms with Crippen LogP contribution >= 0.6 is 15.9 Å². The number of amides is 1. The molecule has 1 aliphatic heterocycles. The number of anilines is 1. The van der Waals surface area contributed by atoms with Gasteiger partial charge in [0, 0.05) is 10.7 Å². The van der Waals surface area contributed by atoms with E-state index in [-0.39, 0.29) is 5.91 Å². The minimum absolute atomic E-state index is 0.0614. The zero-order valence-corrected chi connectivity index (χ0v) is 11.5. The molecule has 4 nitrogen and oxygen atoms in total. The monoisotopic (exact) mass is 315 g/mol. The average molecular weight is 316 g/mol. The molecule has 3 rings (SSSR count). The molecule has 5 heteroatoms. The molecule has 0 atom stereocenters. The van der Waals surface area contributed by atoms with Gasteiger partial charge < -0.3 is 0 Å². The molecule has 0 fully saturated rings. The minimum atomic E-state index is -0.0614. The Labute approximate surface area is 118 Å². The van der Waals surface area contributed by atoms with Crippen LogP contribution in [0.4, 0.5) is 5.82 Å². The first-order chi connectivity index (χ1) is 9.24. The number of hydrazone groups is 1. The van der Waals surface area contributed by atoms with Gasteiger partial charge in [-0.15, -0.1) is 0 Å². The van der Waals surface area contributed by atoms with Crippen LogP contribution in [0.25, 0.3) is 0 Å². The van der Waals surface area contributed by atoms with Crippen molar-refractivity contribution in [2.75, 3.05) is 5.01 Å². The van der Waals surface area contributed by atoms with E-state index in [1.54, 1.807) is 12.3 Å². The zero-order chi connectivity index (χ0) is 13.2. The summed E-state index contributed by atoms with van der Waals surface area (Å²) in [5.41, 5.74) is 1.74. The molecule has 94 valence electrons. The molecule has 0 saturated carbocycles. The third kappa shape index (κ3) is 2.42. The highest BCUT2D eigenvalue weighted by atomic mass is 79.9. The van der Waals surface area contributed by atoms with E-state index in [1.165, 1.54) is 5.01 Å². The van der Waals surface area contributed by atoms with E-state index in [2.05, 4.69) is 26.0 Å². The van der Waals surface area contributed by atoms with Crippen LogP contribution in [0.2, 0.25) is 0 Å². The molecule has 0 spiro atoms. The highest BCUT2D eigenvalue weighted by Crippen LogP contribution is 2.22. The minimum Gasteiger partial charge on any atom is -0.272 e. The first-order valence-corrected chi connectivity index (χ1v) is 6.61. The first kappa shape index (κ1) is 12.0. The molecule has 2 heterocycles. The number of halogens is 1. The van der Waals surface area contributed by atoms with Crippen molar-refractivity contribution >= 4 is 33.4 Å². The Bertz CT molecular complexity index is 638. The van der Waals surface area contributed by atoms with Gasteiger partial charge in [0.05, 0.1) is 12.1 Å². The SMILES string of the molecule is O=C1CC(c2ccccc2)=NN1c1ccc(Br)cn1. The Morgan fingerprint density at radius 3 is 2.58 bits per heavy atom. The van der Waals surface area contributed by atoms with Crippen LogP contribution in [0.5, 0.6) is 0 Å². The Hall–Kier alpha value is -2.01. The summed E-state index contributed by atoms with van der Waals surface area (Å²) in [6.45, 7) is 0. The van der Waals surface area contributed by atoms with Crippen LogP contribution in [0.3, 0.4) is 0 Å². The summed E-state index contributed by atoms with van der Waals surface area (Å²) < 4.78 is 0.871. The second-order valence-electron chi connectivity index (χ2n) is 4.13. The molecule has 1 amide bonds. The number of aromatic nitrogens is 1. The highest BCUT2D eigenvalue weighted by Gasteiger charge is 2.26. The van der Waals surface area contributed by atoms with E-state index < -0.39 is 0 Å². The van der Waals surface area contributed by atoms with Gasteiger partial charge in [-0.05, 0) is 33.6 Å². The quantitative estimate of drug-likeness (QED) is 0.855. The fourth-order valence-electron chi connectivity index (χ4n) is 1.89. The average Bonchev–Trinajstić information content (AvgIpc) is 2.83. The molecule has 0 bridgehead atoms. The zero-order valence-electron chi connectivity index (χ0n) is 9.95. The lowest BCUT2D eigenvalue weighted by Gasteiger charge is -2.09. The maximum atomic E-state index is 12.0. The van der Waals surface area contributed by atoms with E-state index in [0.717, 1.165) is 15.7 Å². The van der Waals surface area contributed by atoms with Crippen molar-refractivity contribution in [2.45, 2.75) is 6.42 Å². The number of pyridine rings is 1. The summed E-state index contributed by atoms with van der Waals surface area (Å²) in [7, 11) is 0. The smallest absolute Gasteiger partial charge is 0.254 e. The topological polar surface area (TPSA) is 45.6 Å². The van der Waals surface area contributed by atoms with Gasteiger partial charge in [-0.3, -0.25) is 4.79 Å². The molecule has 0 aliphatic carbocycles. The molecule has 1 aliphatic rings. The number of hydrogen-bond donors (Lipinski definition) is 0. The van der Waals surface area contributed by atoms with Crippen molar-refractivity contribution in [3.05, 3.63) is 58.7 Å². The number of carbonyl (C=O) groups excluding carboxylic acids is 1. The second-order valence-corrected chi connectivity index (χ2v) is 5.05. The second kappa shape index (κ2) is 4.93. The van der Waals surface area contributed by atoms with Crippen LogP contribution in [0.15, 0.2) is 58.2 Å². The van der Waals surface area contributed by atoms with Gasteiger partial charge in [0.2, 0.25) is 0 Å². The van der Waals surface area contributed by atoms with Crippen molar-refractivity contribution in [2.24, 2.45) is 5.10 Å². The van der Waals surface area contributed by atoms with Gasteiger partial charge in [-0.2, -0.15) is 10.1 Å². The molecule has 0 saturated heterocycles. The number of rotatable bonds is 2. The fraction of sp³-hybridized carbons (Fsp3) is 0.0714. The van der Waals surface area contributed by atoms with E-state index >= 15 is 0 Å². The van der Waals surface area contributed by atoms with Crippen molar-refractivity contribution < 1.29 is 4.79 Å². The van der Waals surface area contributed by atoms with Crippen LogP contribution in [-0.2, 0) is 4.79 Å². The Kier molecular flexibility index (Phi) is 3.13. The van der Waals surface area contributed by atoms with Gasteiger partial charge in [-0.25, -0.2) is 4.98 Å². The lowest BCUT2D eigenvalue weighted by Crippen LogP contribution is -2.20. The summed E-state index contributed by atoms with van der Waals surface area (Å²) in [4.78, 5) is 16.2. The molecule has 0 N–H and O–H groups in total. The molecular weight excluding hydrogens is 306 g/mol. The summed E-state index contributed by atoms with van der Waals surface area (Å²) in [6.07, 6.45) is 1.96. The molecule has 2 aromatic rings. The lowest BCUT2D eigenvalue weighted by molar-refractivity contribution is -0.116. The highest BCUT2D eigenvalue weighted by molar-refractivity contribution is 9.10. The Morgan fingerprint density at radius 1 is 1.11 bits per heavy atom. The molecule has 1 aromatic carbocycles. The van der Waals surface area contributed by atoms with E-state index in [0.29, 0.717) is 12.2 Å².